The van der Waals surface area contributed by atoms with Crippen LogP contribution in [0.1, 0.15) is 77.9 Å². The number of carboxylic acids is 1. The Bertz CT molecular complexity index is 1360. The molecule has 1 aromatic heterocycles. The lowest BCUT2D eigenvalue weighted by Crippen LogP contribution is -2.44. The first-order valence-electron chi connectivity index (χ1n) is 13.9. The van der Waals surface area contributed by atoms with Crippen molar-refractivity contribution in [2.75, 3.05) is 13.1 Å². The van der Waals surface area contributed by atoms with Crippen LogP contribution in [0.4, 0.5) is 0 Å². The van der Waals surface area contributed by atoms with Crippen LogP contribution in [0.15, 0.2) is 36.4 Å². The number of hydrogen-bond acceptors (Lipinski definition) is 3. The molecule has 1 amide bonds. The molecule has 2 fully saturated rings. The molecule has 1 saturated heterocycles. The molecule has 6 heteroatoms. The van der Waals surface area contributed by atoms with Gasteiger partial charge in [0, 0.05) is 36.1 Å². The number of carboxylic acid groups (broad SMARTS) is 1. The maximum atomic E-state index is 13.9. The molecule has 1 unspecified atom stereocenters. The second-order valence-electron chi connectivity index (χ2n) is 11.3. The molecule has 0 radical (unpaired) electrons. The van der Waals surface area contributed by atoms with Crippen molar-refractivity contribution in [1.82, 2.24) is 9.47 Å². The SMILES string of the molecule is Cc1cc(C(=O)O)cc2c1c(C1CCCCC1)c1n2CC(C(=O)N2CCC(O)CC2)Cc2ccccc2-1. The van der Waals surface area contributed by atoms with E-state index >= 15 is 0 Å². The Hall–Kier alpha value is -3.12. The highest BCUT2D eigenvalue weighted by molar-refractivity contribution is 6.00. The third-order valence-corrected chi connectivity index (χ3v) is 8.93. The van der Waals surface area contributed by atoms with E-state index in [0.29, 0.717) is 50.4 Å². The van der Waals surface area contributed by atoms with Gasteiger partial charge < -0.3 is 19.7 Å². The standard InChI is InChI=1S/C31H36N2O4/c1-19-15-22(31(36)37)17-26-27(19)28(20-7-3-2-4-8-20)29-25-10-6-5-9-21(25)16-23(18-33(26)29)30(35)32-13-11-24(34)12-14-32/h5-6,9-10,15,17,20,23-24,34H,2-4,7-8,11-14,16,18H2,1H3,(H,36,37). The lowest BCUT2D eigenvalue weighted by molar-refractivity contribution is -0.138. The maximum absolute atomic E-state index is 13.9. The van der Waals surface area contributed by atoms with Gasteiger partial charge in [-0.05, 0) is 73.8 Å². The van der Waals surface area contributed by atoms with E-state index in [1.165, 1.54) is 47.0 Å². The van der Waals surface area contributed by atoms with Gasteiger partial charge >= 0.3 is 5.97 Å². The van der Waals surface area contributed by atoms with Gasteiger partial charge in [-0.1, -0.05) is 43.5 Å². The number of hydrogen-bond donors (Lipinski definition) is 2. The van der Waals surface area contributed by atoms with Crippen molar-refractivity contribution < 1.29 is 19.8 Å². The Morgan fingerprint density at radius 1 is 0.973 bits per heavy atom. The van der Waals surface area contributed by atoms with Crippen molar-refractivity contribution in [3.63, 3.8) is 0 Å². The molecule has 3 aromatic rings. The molecule has 6 nitrogen and oxygen atoms in total. The molecule has 1 atom stereocenters. The molecule has 37 heavy (non-hydrogen) atoms. The zero-order chi connectivity index (χ0) is 25.7. The van der Waals surface area contributed by atoms with E-state index in [1.54, 1.807) is 0 Å². The zero-order valence-corrected chi connectivity index (χ0v) is 21.6. The first kappa shape index (κ1) is 24.2. The number of carbonyl (C=O) groups is 2. The van der Waals surface area contributed by atoms with Crippen LogP contribution in [0.5, 0.6) is 0 Å². The van der Waals surface area contributed by atoms with E-state index in [-0.39, 0.29) is 17.9 Å². The fourth-order valence-corrected chi connectivity index (χ4v) is 7.10. The minimum atomic E-state index is -0.923. The number of likely N-dealkylation sites (tertiary alicyclic amines) is 1. The summed E-state index contributed by atoms with van der Waals surface area (Å²) in [6.45, 7) is 3.75. The normalized spacial score (nSPS) is 20.9. The summed E-state index contributed by atoms with van der Waals surface area (Å²) >= 11 is 0. The summed E-state index contributed by atoms with van der Waals surface area (Å²) in [6, 6.07) is 12.1. The smallest absolute Gasteiger partial charge is 0.335 e. The second kappa shape index (κ2) is 9.64. The highest BCUT2D eigenvalue weighted by Crippen LogP contribution is 2.47. The lowest BCUT2D eigenvalue weighted by atomic mass is 9.80. The number of piperidine rings is 1. The molecule has 2 N–H and O–H groups in total. The Morgan fingerprint density at radius 3 is 2.43 bits per heavy atom. The average Bonchev–Trinajstić information content (AvgIpc) is 3.13. The minimum absolute atomic E-state index is 0.140. The Kier molecular flexibility index (Phi) is 6.31. The number of amides is 1. The number of aryl methyl sites for hydroxylation is 1. The van der Waals surface area contributed by atoms with Gasteiger partial charge in [-0.2, -0.15) is 0 Å². The summed E-state index contributed by atoms with van der Waals surface area (Å²) in [7, 11) is 0. The van der Waals surface area contributed by atoms with Crippen LogP contribution in [-0.4, -0.2) is 50.8 Å². The number of carbonyl (C=O) groups excluding carboxylic acids is 1. The van der Waals surface area contributed by atoms with Crippen LogP contribution in [0.25, 0.3) is 22.2 Å². The molecule has 3 aliphatic rings. The van der Waals surface area contributed by atoms with Crippen LogP contribution in [0.2, 0.25) is 0 Å². The monoisotopic (exact) mass is 500 g/mol. The van der Waals surface area contributed by atoms with E-state index < -0.39 is 5.97 Å². The summed E-state index contributed by atoms with van der Waals surface area (Å²) < 4.78 is 2.28. The molecule has 2 aromatic carbocycles. The van der Waals surface area contributed by atoms with Crippen LogP contribution in [0, 0.1) is 12.8 Å². The minimum Gasteiger partial charge on any atom is -0.478 e. The van der Waals surface area contributed by atoms with Crippen molar-refractivity contribution in [2.45, 2.75) is 76.9 Å². The summed E-state index contributed by atoms with van der Waals surface area (Å²) in [5.41, 5.74) is 7.15. The summed E-state index contributed by atoms with van der Waals surface area (Å²) in [6.07, 6.45) is 7.58. The molecule has 194 valence electrons. The van der Waals surface area contributed by atoms with E-state index in [9.17, 15) is 19.8 Å². The van der Waals surface area contributed by atoms with Gasteiger partial charge in [0.1, 0.15) is 0 Å². The van der Waals surface area contributed by atoms with Crippen LogP contribution in [-0.2, 0) is 17.8 Å². The molecule has 0 bridgehead atoms. The van der Waals surface area contributed by atoms with Crippen LogP contribution >= 0.6 is 0 Å². The average molecular weight is 501 g/mol. The number of aromatic nitrogens is 1. The number of rotatable bonds is 3. The van der Waals surface area contributed by atoms with Gasteiger partial charge in [0.05, 0.1) is 23.3 Å². The predicted molar refractivity (Wildman–Crippen MR) is 144 cm³/mol. The van der Waals surface area contributed by atoms with Crippen molar-refractivity contribution in [2.24, 2.45) is 5.92 Å². The van der Waals surface area contributed by atoms with Gasteiger partial charge in [0.2, 0.25) is 5.91 Å². The number of fused-ring (bicyclic) bond motifs is 5. The Balaban J connectivity index is 1.57. The van der Waals surface area contributed by atoms with E-state index in [0.717, 1.165) is 23.9 Å². The molecule has 3 heterocycles. The molecule has 1 saturated carbocycles. The zero-order valence-electron chi connectivity index (χ0n) is 21.6. The third-order valence-electron chi connectivity index (χ3n) is 8.93. The fourth-order valence-electron chi connectivity index (χ4n) is 7.10. The largest absolute Gasteiger partial charge is 0.478 e. The molecule has 6 rings (SSSR count). The van der Waals surface area contributed by atoms with Gasteiger partial charge in [0.25, 0.3) is 0 Å². The molecule has 0 spiro atoms. The number of benzene rings is 2. The first-order valence-corrected chi connectivity index (χ1v) is 13.9. The fraction of sp³-hybridized carbons (Fsp3) is 0.484. The van der Waals surface area contributed by atoms with Gasteiger partial charge in [-0.25, -0.2) is 4.79 Å². The van der Waals surface area contributed by atoms with Crippen LogP contribution in [0.3, 0.4) is 0 Å². The quantitative estimate of drug-likeness (QED) is 0.496. The number of aliphatic hydroxyl groups excluding tert-OH is 1. The topological polar surface area (TPSA) is 82.8 Å². The highest BCUT2D eigenvalue weighted by Gasteiger charge is 2.35. The maximum Gasteiger partial charge on any atom is 0.335 e. The van der Waals surface area contributed by atoms with E-state index in [4.69, 9.17) is 0 Å². The molecular formula is C31H36N2O4. The van der Waals surface area contributed by atoms with Crippen molar-refractivity contribution in [3.05, 3.63) is 58.7 Å². The van der Waals surface area contributed by atoms with E-state index in [1.807, 2.05) is 24.0 Å². The molecule has 2 aliphatic heterocycles. The van der Waals surface area contributed by atoms with Gasteiger partial charge in [-0.15, -0.1) is 0 Å². The number of aromatic carboxylic acids is 1. The van der Waals surface area contributed by atoms with Crippen molar-refractivity contribution >= 4 is 22.8 Å². The summed E-state index contributed by atoms with van der Waals surface area (Å²) in [4.78, 5) is 27.8. The summed E-state index contributed by atoms with van der Waals surface area (Å²) in [5.74, 6) is -0.581. The predicted octanol–water partition coefficient (Wildman–Crippen LogP) is 5.52. The Morgan fingerprint density at radius 2 is 1.70 bits per heavy atom. The van der Waals surface area contributed by atoms with Gasteiger partial charge in [0.15, 0.2) is 0 Å². The molecule has 1 aliphatic carbocycles. The number of aliphatic hydroxyl groups is 1. The Labute approximate surface area is 217 Å². The van der Waals surface area contributed by atoms with E-state index in [2.05, 4.69) is 28.8 Å². The second-order valence-corrected chi connectivity index (χ2v) is 11.3. The summed E-state index contributed by atoms with van der Waals surface area (Å²) in [5, 5.41) is 21.0. The van der Waals surface area contributed by atoms with Crippen molar-refractivity contribution in [1.29, 1.82) is 0 Å². The number of nitrogens with zero attached hydrogens (tertiary/aromatic N) is 2. The highest BCUT2D eigenvalue weighted by atomic mass is 16.4. The first-order chi connectivity index (χ1) is 17.9. The molecular weight excluding hydrogens is 464 g/mol. The van der Waals surface area contributed by atoms with Gasteiger partial charge in [-0.3, -0.25) is 4.79 Å². The third kappa shape index (κ3) is 4.25. The lowest BCUT2D eigenvalue weighted by Gasteiger charge is -2.32. The van der Waals surface area contributed by atoms with Crippen molar-refractivity contribution in [3.8, 4) is 11.3 Å². The van der Waals surface area contributed by atoms with Crippen LogP contribution < -0.4 is 0 Å².